The summed E-state index contributed by atoms with van der Waals surface area (Å²) >= 11 is 11.8. The van der Waals surface area contributed by atoms with Gasteiger partial charge >= 0.3 is 0 Å². The van der Waals surface area contributed by atoms with Crippen molar-refractivity contribution < 1.29 is 0 Å². The van der Waals surface area contributed by atoms with Crippen LogP contribution < -0.4 is 0 Å². The summed E-state index contributed by atoms with van der Waals surface area (Å²) in [4.78, 5) is 3.94. The maximum Gasteiger partial charge on any atom is 0.138 e. The molecule has 0 radical (unpaired) electrons. The summed E-state index contributed by atoms with van der Waals surface area (Å²) in [5.74, 6) is 0. The van der Waals surface area contributed by atoms with Crippen LogP contribution in [0.3, 0.4) is 0 Å². The molecule has 2 nitrogen and oxygen atoms in total. The smallest absolute Gasteiger partial charge is 0.138 e. The Bertz CT molecular complexity index is 434. The Morgan fingerprint density at radius 3 is 2.83 bits per heavy atom. The lowest BCUT2D eigenvalue weighted by molar-refractivity contribution is 0.968. The molecule has 0 bridgehead atoms. The van der Waals surface area contributed by atoms with Crippen LogP contribution in [0.25, 0.3) is 10.9 Å². The van der Waals surface area contributed by atoms with Gasteiger partial charge in [0.1, 0.15) is 5.15 Å². The molecule has 0 aliphatic heterocycles. The maximum atomic E-state index is 5.93. The van der Waals surface area contributed by atoms with Crippen molar-refractivity contribution in [1.82, 2.24) is 9.55 Å². The first-order chi connectivity index (χ1) is 5.70. The molecular weight excluding hydrogens is 195 g/mol. The van der Waals surface area contributed by atoms with E-state index in [1.165, 1.54) is 0 Å². The van der Waals surface area contributed by atoms with Crippen molar-refractivity contribution in [1.29, 1.82) is 0 Å². The van der Waals surface area contributed by atoms with Crippen LogP contribution >= 0.6 is 23.2 Å². The Labute approximate surface area is 79.7 Å². The largest absolute Gasteiger partial charge is 0.349 e. The number of aromatic nitrogens is 2. The van der Waals surface area contributed by atoms with Crippen molar-refractivity contribution >= 4 is 34.1 Å². The normalized spacial score (nSPS) is 10.9. The van der Waals surface area contributed by atoms with Gasteiger partial charge in [0.15, 0.2) is 0 Å². The Morgan fingerprint density at radius 2 is 2.17 bits per heavy atom. The monoisotopic (exact) mass is 200 g/mol. The van der Waals surface area contributed by atoms with Crippen molar-refractivity contribution in [2.45, 2.75) is 0 Å². The van der Waals surface area contributed by atoms with E-state index in [1.54, 1.807) is 6.20 Å². The highest BCUT2D eigenvalue weighted by molar-refractivity contribution is 6.38. The van der Waals surface area contributed by atoms with E-state index in [9.17, 15) is 0 Å². The molecule has 0 saturated heterocycles. The molecule has 0 unspecified atom stereocenters. The van der Waals surface area contributed by atoms with Crippen LogP contribution in [0.5, 0.6) is 0 Å². The van der Waals surface area contributed by atoms with E-state index in [-0.39, 0.29) is 0 Å². The van der Waals surface area contributed by atoms with Gasteiger partial charge in [-0.1, -0.05) is 23.2 Å². The van der Waals surface area contributed by atoms with E-state index in [0.29, 0.717) is 10.2 Å². The Kier molecular flexibility index (Phi) is 1.74. The van der Waals surface area contributed by atoms with E-state index < -0.39 is 0 Å². The van der Waals surface area contributed by atoms with Gasteiger partial charge in [0.25, 0.3) is 0 Å². The standard InChI is InChI=1S/C8H6Cl2N2/c1-12-3-2-5-7(12)6(9)4-11-8(5)10/h2-4H,1H3. The lowest BCUT2D eigenvalue weighted by Crippen LogP contribution is -1.86. The van der Waals surface area contributed by atoms with E-state index >= 15 is 0 Å². The molecule has 0 spiro atoms. The second-order valence-corrected chi connectivity index (χ2v) is 3.35. The summed E-state index contributed by atoms with van der Waals surface area (Å²) < 4.78 is 1.92. The van der Waals surface area contributed by atoms with Gasteiger partial charge in [-0.15, -0.1) is 0 Å². The molecule has 4 heteroatoms. The van der Waals surface area contributed by atoms with Gasteiger partial charge in [0, 0.05) is 24.8 Å². The Morgan fingerprint density at radius 1 is 1.42 bits per heavy atom. The summed E-state index contributed by atoms with van der Waals surface area (Å²) in [6.45, 7) is 0. The average molecular weight is 201 g/mol. The third-order valence-corrected chi connectivity index (χ3v) is 2.39. The zero-order valence-electron chi connectivity index (χ0n) is 6.38. The minimum absolute atomic E-state index is 0.495. The molecule has 0 N–H and O–H groups in total. The SMILES string of the molecule is Cn1ccc2c(Cl)ncc(Cl)c21. The van der Waals surface area contributed by atoms with Crippen LogP contribution in [0.15, 0.2) is 18.5 Å². The molecule has 0 saturated carbocycles. The molecule has 2 heterocycles. The highest BCUT2D eigenvalue weighted by Gasteiger charge is 2.06. The lowest BCUT2D eigenvalue weighted by Gasteiger charge is -1.98. The first-order valence-electron chi connectivity index (χ1n) is 3.45. The van der Waals surface area contributed by atoms with Crippen LogP contribution in [0, 0.1) is 0 Å². The Hall–Kier alpha value is -0.730. The van der Waals surface area contributed by atoms with Gasteiger partial charge < -0.3 is 4.57 Å². The highest BCUT2D eigenvalue weighted by Crippen LogP contribution is 2.27. The fourth-order valence-electron chi connectivity index (χ4n) is 1.24. The fourth-order valence-corrected chi connectivity index (χ4v) is 1.72. The second-order valence-electron chi connectivity index (χ2n) is 2.59. The molecule has 2 aromatic heterocycles. The third kappa shape index (κ3) is 0.993. The van der Waals surface area contributed by atoms with Crippen molar-refractivity contribution in [3.05, 3.63) is 28.6 Å². The maximum absolute atomic E-state index is 5.93. The number of fused-ring (bicyclic) bond motifs is 1. The van der Waals surface area contributed by atoms with E-state index in [0.717, 1.165) is 10.9 Å². The van der Waals surface area contributed by atoms with Gasteiger partial charge in [-0.05, 0) is 6.07 Å². The summed E-state index contributed by atoms with van der Waals surface area (Å²) in [6, 6.07) is 1.90. The lowest BCUT2D eigenvalue weighted by atomic mass is 10.3. The quantitative estimate of drug-likeness (QED) is 0.599. The predicted molar refractivity (Wildman–Crippen MR) is 50.7 cm³/mol. The van der Waals surface area contributed by atoms with Crippen molar-refractivity contribution in [3.63, 3.8) is 0 Å². The van der Waals surface area contributed by atoms with Crippen molar-refractivity contribution in [2.75, 3.05) is 0 Å². The van der Waals surface area contributed by atoms with Crippen LogP contribution in [-0.4, -0.2) is 9.55 Å². The third-order valence-electron chi connectivity index (χ3n) is 1.81. The van der Waals surface area contributed by atoms with Crippen LogP contribution in [0.4, 0.5) is 0 Å². The molecule has 2 rings (SSSR count). The fraction of sp³-hybridized carbons (Fsp3) is 0.125. The summed E-state index contributed by atoms with van der Waals surface area (Å²) in [5, 5.41) is 2.02. The molecule has 2 aromatic rings. The number of aryl methyl sites for hydroxylation is 1. The first kappa shape index (κ1) is 7.90. The van der Waals surface area contributed by atoms with Gasteiger partial charge in [-0.2, -0.15) is 0 Å². The van der Waals surface area contributed by atoms with Gasteiger partial charge in [-0.25, -0.2) is 4.98 Å². The van der Waals surface area contributed by atoms with Gasteiger partial charge in [-0.3, -0.25) is 0 Å². The number of nitrogens with zero attached hydrogens (tertiary/aromatic N) is 2. The molecule has 0 aromatic carbocycles. The van der Waals surface area contributed by atoms with Crippen LogP contribution in [0.2, 0.25) is 10.2 Å². The molecular formula is C8H6Cl2N2. The minimum Gasteiger partial charge on any atom is -0.349 e. The van der Waals surface area contributed by atoms with Gasteiger partial charge in [0.2, 0.25) is 0 Å². The topological polar surface area (TPSA) is 17.8 Å². The molecule has 0 fully saturated rings. The summed E-state index contributed by atoms with van der Waals surface area (Å²) in [7, 11) is 1.92. The second kappa shape index (κ2) is 2.64. The zero-order valence-corrected chi connectivity index (χ0v) is 7.89. The van der Waals surface area contributed by atoms with Crippen LogP contribution in [-0.2, 0) is 7.05 Å². The van der Waals surface area contributed by atoms with Gasteiger partial charge in [0.05, 0.1) is 10.5 Å². The first-order valence-corrected chi connectivity index (χ1v) is 4.21. The Balaban J connectivity index is 2.98. The number of hydrogen-bond acceptors (Lipinski definition) is 1. The summed E-state index contributed by atoms with van der Waals surface area (Å²) in [6.07, 6.45) is 3.47. The van der Waals surface area contributed by atoms with Crippen molar-refractivity contribution in [3.8, 4) is 0 Å². The predicted octanol–water partition coefficient (Wildman–Crippen LogP) is 2.88. The summed E-state index contributed by atoms with van der Waals surface area (Å²) in [5.41, 5.74) is 0.927. The molecule has 0 aliphatic rings. The highest BCUT2D eigenvalue weighted by atomic mass is 35.5. The van der Waals surface area contributed by atoms with E-state index in [1.807, 2.05) is 23.9 Å². The average Bonchev–Trinajstić information content (AvgIpc) is 2.42. The van der Waals surface area contributed by atoms with Crippen molar-refractivity contribution in [2.24, 2.45) is 7.05 Å². The number of rotatable bonds is 0. The number of hydrogen-bond donors (Lipinski definition) is 0. The zero-order chi connectivity index (χ0) is 8.72. The number of halogens is 2. The molecule has 0 amide bonds. The molecule has 62 valence electrons. The minimum atomic E-state index is 0.495. The molecule has 0 aliphatic carbocycles. The van der Waals surface area contributed by atoms with E-state index in [2.05, 4.69) is 4.98 Å². The number of pyridine rings is 1. The van der Waals surface area contributed by atoms with Crippen LogP contribution in [0.1, 0.15) is 0 Å². The van der Waals surface area contributed by atoms with E-state index in [4.69, 9.17) is 23.2 Å². The molecule has 0 atom stereocenters. The molecule has 12 heavy (non-hydrogen) atoms.